The second-order valence-corrected chi connectivity index (χ2v) is 5.20. The first-order valence-electron chi connectivity index (χ1n) is 6.44. The Morgan fingerprint density at radius 1 is 1.50 bits per heavy atom. The summed E-state index contributed by atoms with van der Waals surface area (Å²) >= 11 is 5.41. The van der Waals surface area contributed by atoms with Crippen molar-refractivity contribution < 1.29 is 14.3 Å². The molecule has 5 nitrogen and oxygen atoms in total. The molecule has 0 radical (unpaired) electrons. The van der Waals surface area contributed by atoms with E-state index in [0.717, 1.165) is 5.69 Å². The summed E-state index contributed by atoms with van der Waals surface area (Å²) in [7, 11) is 1.35. The monoisotopic (exact) mass is 294 g/mol. The third-order valence-corrected chi connectivity index (χ3v) is 3.23. The van der Waals surface area contributed by atoms with Crippen LogP contribution in [0.3, 0.4) is 0 Å². The van der Waals surface area contributed by atoms with Gasteiger partial charge in [-0.25, -0.2) is 4.79 Å². The third-order valence-electron chi connectivity index (χ3n) is 2.90. The molecule has 0 bridgehead atoms. The van der Waals surface area contributed by atoms with E-state index < -0.39 is 12.1 Å². The van der Waals surface area contributed by atoms with Crippen molar-refractivity contribution in [1.29, 1.82) is 0 Å². The summed E-state index contributed by atoms with van der Waals surface area (Å²) < 4.78 is 10.4. The SMILES string of the molecule is COC(=O)[C@@H]1CN(C(=S)NC(C)C)c2ccccc2O1. The van der Waals surface area contributed by atoms with Gasteiger partial charge < -0.3 is 19.7 Å². The average molecular weight is 294 g/mol. The van der Waals surface area contributed by atoms with E-state index in [1.807, 2.05) is 43.0 Å². The Hall–Kier alpha value is -1.82. The molecular weight excluding hydrogens is 276 g/mol. The Balaban J connectivity index is 2.29. The molecule has 0 unspecified atom stereocenters. The molecule has 1 N–H and O–H groups in total. The highest BCUT2D eigenvalue weighted by Gasteiger charge is 2.33. The van der Waals surface area contributed by atoms with Crippen LogP contribution < -0.4 is 15.0 Å². The van der Waals surface area contributed by atoms with E-state index in [9.17, 15) is 4.79 Å². The predicted octanol–water partition coefficient (Wildman–Crippen LogP) is 1.71. The Morgan fingerprint density at radius 3 is 2.85 bits per heavy atom. The second-order valence-electron chi connectivity index (χ2n) is 4.81. The minimum atomic E-state index is -0.679. The zero-order valence-corrected chi connectivity index (χ0v) is 12.6. The van der Waals surface area contributed by atoms with Crippen LogP contribution in [-0.4, -0.2) is 36.9 Å². The van der Waals surface area contributed by atoms with Gasteiger partial charge in [-0.05, 0) is 38.2 Å². The number of thiocarbonyl (C=S) groups is 1. The summed E-state index contributed by atoms with van der Waals surface area (Å²) in [4.78, 5) is 13.6. The van der Waals surface area contributed by atoms with Gasteiger partial charge in [0.05, 0.1) is 19.3 Å². The lowest BCUT2D eigenvalue weighted by atomic mass is 10.2. The van der Waals surface area contributed by atoms with Gasteiger partial charge in [-0.15, -0.1) is 0 Å². The molecule has 1 atom stereocenters. The number of anilines is 1. The van der Waals surface area contributed by atoms with E-state index in [4.69, 9.17) is 21.7 Å². The Bertz CT molecular complexity index is 519. The number of rotatable bonds is 2. The van der Waals surface area contributed by atoms with E-state index in [2.05, 4.69) is 5.32 Å². The standard InChI is InChI=1S/C14H18N2O3S/c1-9(2)15-14(20)16-8-12(13(17)18-3)19-11-7-5-4-6-10(11)16/h4-7,9,12H,8H2,1-3H3,(H,15,20)/t12-/m0/s1. The largest absolute Gasteiger partial charge is 0.475 e. The first-order valence-corrected chi connectivity index (χ1v) is 6.85. The van der Waals surface area contributed by atoms with Crippen LogP contribution in [0.25, 0.3) is 0 Å². The maximum atomic E-state index is 11.7. The number of carbonyl (C=O) groups is 1. The number of ether oxygens (including phenoxy) is 2. The van der Waals surface area contributed by atoms with Crippen molar-refractivity contribution in [3.8, 4) is 5.75 Å². The van der Waals surface area contributed by atoms with Crippen molar-refractivity contribution in [2.75, 3.05) is 18.6 Å². The van der Waals surface area contributed by atoms with Crippen molar-refractivity contribution in [2.24, 2.45) is 0 Å². The third kappa shape index (κ3) is 3.01. The number of para-hydroxylation sites is 2. The minimum Gasteiger partial charge on any atom is -0.475 e. The molecule has 2 rings (SSSR count). The van der Waals surface area contributed by atoms with Crippen LogP contribution in [0.1, 0.15) is 13.8 Å². The van der Waals surface area contributed by atoms with Crippen LogP contribution >= 0.6 is 12.2 Å². The van der Waals surface area contributed by atoms with Gasteiger partial charge in [0.25, 0.3) is 0 Å². The number of carbonyl (C=O) groups excluding carboxylic acids is 1. The molecule has 0 amide bonds. The van der Waals surface area contributed by atoms with Crippen molar-refractivity contribution in [1.82, 2.24) is 5.32 Å². The van der Waals surface area contributed by atoms with Crippen LogP contribution in [-0.2, 0) is 9.53 Å². The fourth-order valence-electron chi connectivity index (χ4n) is 2.01. The summed E-state index contributed by atoms with van der Waals surface area (Å²) in [6.45, 7) is 4.36. The lowest BCUT2D eigenvalue weighted by Crippen LogP contribution is -2.51. The van der Waals surface area contributed by atoms with E-state index in [0.29, 0.717) is 17.4 Å². The van der Waals surface area contributed by atoms with E-state index >= 15 is 0 Å². The van der Waals surface area contributed by atoms with Gasteiger partial charge in [0.15, 0.2) is 5.11 Å². The molecule has 0 spiro atoms. The summed E-state index contributed by atoms with van der Waals surface area (Å²) in [5.41, 5.74) is 0.853. The van der Waals surface area contributed by atoms with Crippen molar-refractivity contribution in [3.63, 3.8) is 0 Å². The molecule has 0 fully saturated rings. The molecule has 20 heavy (non-hydrogen) atoms. The van der Waals surface area contributed by atoms with Gasteiger partial charge in [-0.2, -0.15) is 0 Å². The van der Waals surface area contributed by atoms with Gasteiger partial charge >= 0.3 is 5.97 Å². The van der Waals surface area contributed by atoms with Gasteiger partial charge in [0.1, 0.15) is 5.75 Å². The van der Waals surface area contributed by atoms with Crippen LogP contribution in [0, 0.1) is 0 Å². The number of hydrogen-bond donors (Lipinski definition) is 1. The Kier molecular flexibility index (Phi) is 4.44. The first-order chi connectivity index (χ1) is 9.52. The number of nitrogens with zero attached hydrogens (tertiary/aromatic N) is 1. The smallest absolute Gasteiger partial charge is 0.348 e. The first kappa shape index (κ1) is 14.6. The normalized spacial score (nSPS) is 17.2. The Labute approximate surface area is 123 Å². The number of hydrogen-bond acceptors (Lipinski definition) is 4. The molecule has 1 aromatic carbocycles. The molecule has 0 saturated heterocycles. The van der Waals surface area contributed by atoms with E-state index in [1.165, 1.54) is 7.11 Å². The summed E-state index contributed by atoms with van der Waals surface area (Å²) in [6, 6.07) is 7.71. The van der Waals surface area contributed by atoms with Gasteiger partial charge in [-0.3, -0.25) is 0 Å². The summed E-state index contributed by atoms with van der Waals surface area (Å²) in [6.07, 6.45) is -0.679. The number of fused-ring (bicyclic) bond motifs is 1. The molecule has 1 aromatic rings. The number of nitrogens with one attached hydrogen (secondary N) is 1. The summed E-state index contributed by atoms with van der Waals surface area (Å²) in [5, 5.41) is 3.75. The number of methoxy groups -OCH3 is 1. The van der Waals surface area contributed by atoms with Gasteiger partial charge in [0, 0.05) is 6.04 Å². The van der Waals surface area contributed by atoms with Crippen LogP contribution in [0.2, 0.25) is 0 Å². The minimum absolute atomic E-state index is 0.217. The molecule has 108 valence electrons. The second kappa shape index (κ2) is 6.09. The fraction of sp³-hybridized carbons (Fsp3) is 0.429. The number of esters is 1. The lowest BCUT2D eigenvalue weighted by Gasteiger charge is -2.35. The summed E-state index contributed by atoms with van der Waals surface area (Å²) in [5.74, 6) is 0.221. The van der Waals surface area contributed by atoms with Crippen molar-refractivity contribution in [2.45, 2.75) is 26.0 Å². The van der Waals surface area contributed by atoms with Gasteiger partial charge in [0.2, 0.25) is 6.10 Å². The highest BCUT2D eigenvalue weighted by Crippen LogP contribution is 2.33. The maximum Gasteiger partial charge on any atom is 0.348 e. The van der Waals surface area contributed by atoms with E-state index in [1.54, 1.807) is 0 Å². The maximum absolute atomic E-state index is 11.7. The average Bonchev–Trinajstić information content (AvgIpc) is 2.44. The zero-order chi connectivity index (χ0) is 14.7. The highest BCUT2D eigenvalue weighted by atomic mass is 32.1. The van der Waals surface area contributed by atoms with E-state index in [-0.39, 0.29) is 6.04 Å². The topological polar surface area (TPSA) is 50.8 Å². The molecule has 0 aromatic heterocycles. The Morgan fingerprint density at radius 2 is 2.20 bits per heavy atom. The molecule has 1 aliphatic heterocycles. The fourth-order valence-corrected chi connectivity index (χ4v) is 2.41. The molecule has 6 heteroatoms. The molecule has 1 heterocycles. The zero-order valence-electron chi connectivity index (χ0n) is 11.8. The van der Waals surface area contributed by atoms with Crippen molar-refractivity contribution in [3.05, 3.63) is 24.3 Å². The highest BCUT2D eigenvalue weighted by molar-refractivity contribution is 7.80. The molecule has 0 saturated carbocycles. The molecule has 1 aliphatic rings. The predicted molar refractivity (Wildman–Crippen MR) is 81.1 cm³/mol. The lowest BCUT2D eigenvalue weighted by molar-refractivity contribution is -0.148. The van der Waals surface area contributed by atoms with Crippen LogP contribution in [0.4, 0.5) is 5.69 Å². The van der Waals surface area contributed by atoms with Gasteiger partial charge in [-0.1, -0.05) is 12.1 Å². The quantitative estimate of drug-likeness (QED) is 0.662. The van der Waals surface area contributed by atoms with Crippen LogP contribution in [0.15, 0.2) is 24.3 Å². The van der Waals surface area contributed by atoms with Crippen LogP contribution in [0.5, 0.6) is 5.75 Å². The number of benzene rings is 1. The molecular formula is C14H18N2O3S. The molecule has 0 aliphatic carbocycles. The van der Waals surface area contributed by atoms with Crippen molar-refractivity contribution >= 4 is 29.0 Å².